The molecule has 0 spiro atoms. The van der Waals surface area contributed by atoms with Gasteiger partial charge in [0, 0.05) is 36.8 Å². The summed E-state index contributed by atoms with van der Waals surface area (Å²) in [6.07, 6.45) is 0. The molecule has 0 bridgehead atoms. The van der Waals surface area contributed by atoms with E-state index in [0.29, 0.717) is 36.2 Å². The molecule has 1 fully saturated rings. The van der Waals surface area contributed by atoms with Crippen LogP contribution in [-0.4, -0.2) is 55.9 Å². The minimum atomic E-state index is -0.0877. The largest absolute Gasteiger partial charge is 0.454 e. The fourth-order valence-corrected chi connectivity index (χ4v) is 3.79. The molecular weight excluding hydrogens is 342 g/mol. The zero-order valence-electron chi connectivity index (χ0n) is 15.9. The lowest BCUT2D eigenvalue weighted by Gasteiger charge is -2.25. The van der Waals surface area contributed by atoms with Crippen molar-refractivity contribution in [1.82, 2.24) is 9.80 Å². The molecule has 1 saturated heterocycles. The summed E-state index contributed by atoms with van der Waals surface area (Å²) in [5, 5.41) is 2.99. The average Bonchev–Trinajstić information content (AvgIpc) is 3.29. The molecule has 6 heteroatoms. The van der Waals surface area contributed by atoms with Gasteiger partial charge in [-0.25, -0.2) is 4.79 Å². The Hall–Kier alpha value is -2.73. The Morgan fingerprint density at radius 3 is 2.56 bits per heavy atom. The highest BCUT2D eigenvalue weighted by atomic mass is 16.7. The standard InChI is InChI=1S/C21H25N3O3/c1-14-4-6-15(7-5-14)17-11-24(12-18(17)23(2)3)21(25)22-16-8-9-19-20(10-16)27-13-26-19/h4-10,17-18H,11-13H2,1-3H3,(H,22,25)/t17-,18+/m0/s1. The van der Waals surface area contributed by atoms with E-state index in [9.17, 15) is 4.79 Å². The molecule has 2 heterocycles. The van der Waals surface area contributed by atoms with Gasteiger partial charge in [-0.05, 0) is 38.7 Å². The minimum absolute atomic E-state index is 0.0877. The third kappa shape index (κ3) is 3.57. The average molecular weight is 367 g/mol. The molecule has 27 heavy (non-hydrogen) atoms. The fourth-order valence-electron chi connectivity index (χ4n) is 3.79. The van der Waals surface area contributed by atoms with Crippen molar-refractivity contribution in [2.24, 2.45) is 0 Å². The molecular formula is C21H25N3O3. The summed E-state index contributed by atoms with van der Waals surface area (Å²) in [6, 6.07) is 14.3. The Kier molecular flexibility index (Phi) is 4.66. The molecule has 2 amide bonds. The molecule has 2 aliphatic rings. The highest BCUT2D eigenvalue weighted by molar-refractivity contribution is 5.90. The number of carbonyl (C=O) groups is 1. The number of rotatable bonds is 3. The molecule has 2 aliphatic heterocycles. The summed E-state index contributed by atoms with van der Waals surface area (Å²) < 4.78 is 10.7. The third-order valence-corrected chi connectivity index (χ3v) is 5.37. The van der Waals surface area contributed by atoms with Crippen LogP contribution in [0.25, 0.3) is 0 Å². The summed E-state index contributed by atoms with van der Waals surface area (Å²) >= 11 is 0. The van der Waals surface area contributed by atoms with Crippen LogP contribution in [0.4, 0.5) is 10.5 Å². The molecule has 0 aliphatic carbocycles. The number of hydrogen-bond donors (Lipinski definition) is 1. The first-order chi connectivity index (χ1) is 13.0. The van der Waals surface area contributed by atoms with Crippen LogP contribution in [0.2, 0.25) is 0 Å². The Morgan fingerprint density at radius 2 is 1.81 bits per heavy atom. The van der Waals surface area contributed by atoms with Gasteiger partial charge in [-0.3, -0.25) is 0 Å². The number of fused-ring (bicyclic) bond motifs is 1. The predicted molar refractivity (Wildman–Crippen MR) is 105 cm³/mol. The molecule has 142 valence electrons. The zero-order chi connectivity index (χ0) is 19.0. The van der Waals surface area contributed by atoms with E-state index in [1.165, 1.54) is 11.1 Å². The maximum atomic E-state index is 12.8. The lowest BCUT2D eigenvalue weighted by molar-refractivity contribution is 0.174. The summed E-state index contributed by atoms with van der Waals surface area (Å²) in [5.41, 5.74) is 3.23. The molecule has 0 saturated carbocycles. The second kappa shape index (κ2) is 7.12. The van der Waals surface area contributed by atoms with Crippen LogP contribution in [0.5, 0.6) is 11.5 Å². The number of anilines is 1. The highest BCUT2D eigenvalue weighted by Crippen LogP contribution is 2.35. The van der Waals surface area contributed by atoms with Gasteiger partial charge in [-0.15, -0.1) is 0 Å². The lowest BCUT2D eigenvalue weighted by Crippen LogP contribution is -2.37. The number of nitrogens with zero attached hydrogens (tertiary/aromatic N) is 2. The molecule has 0 unspecified atom stereocenters. The Bertz CT molecular complexity index is 835. The van der Waals surface area contributed by atoms with E-state index in [0.717, 1.165) is 0 Å². The van der Waals surface area contributed by atoms with Gasteiger partial charge in [0.25, 0.3) is 0 Å². The smallest absolute Gasteiger partial charge is 0.321 e. The second-order valence-electron chi connectivity index (χ2n) is 7.45. The summed E-state index contributed by atoms with van der Waals surface area (Å²) in [4.78, 5) is 16.9. The summed E-state index contributed by atoms with van der Waals surface area (Å²) in [5.74, 6) is 1.67. The second-order valence-corrected chi connectivity index (χ2v) is 7.45. The fraction of sp³-hybridized carbons (Fsp3) is 0.381. The zero-order valence-corrected chi connectivity index (χ0v) is 15.9. The van der Waals surface area contributed by atoms with Crippen molar-refractivity contribution >= 4 is 11.7 Å². The molecule has 4 rings (SSSR count). The maximum absolute atomic E-state index is 12.8. The van der Waals surface area contributed by atoms with Crippen LogP contribution < -0.4 is 14.8 Å². The third-order valence-electron chi connectivity index (χ3n) is 5.37. The number of amides is 2. The van der Waals surface area contributed by atoms with E-state index < -0.39 is 0 Å². The van der Waals surface area contributed by atoms with E-state index in [2.05, 4.69) is 55.5 Å². The number of benzene rings is 2. The van der Waals surface area contributed by atoms with Gasteiger partial charge < -0.3 is 24.6 Å². The van der Waals surface area contributed by atoms with E-state index in [-0.39, 0.29) is 18.9 Å². The van der Waals surface area contributed by atoms with Gasteiger partial charge in [-0.2, -0.15) is 0 Å². The van der Waals surface area contributed by atoms with Crippen molar-refractivity contribution in [1.29, 1.82) is 0 Å². The van der Waals surface area contributed by atoms with Crippen molar-refractivity contribution in [2.45, 2.75) is 18.9 Å². The van der Waals surface area contributed by atoms with E-state index >= 15 is 0 Å². The number of ether oxygens (including phenoxy) is 2. The summed E-state index contributed by atoms with van der Waals surface area (Å²) in [6.45, 7) is 3.71. The highest BCUT2D eigenvalue weighted by Gasteiger charge is 2.37. The van der Waals surface area contributed by atoms with Crippen molar-refractivity contribution in [3.05, 3.63) is 53.6 Å². The topological polar surface area (TPSA) is 54.0 Å². The van der Waals surface area contributed by atoms with Crippen molar-refractivity contribution in [3.8, 4) is 11.5 Å². The van der Waals surface area contributed by atoms with Gasteiger partial charge in [-0.1, -0.05) is 29.8 Å². The van der Waals surface area contributed by atoms with Crippen LogP contribution in [-0.2, 0) is 0 Å². The molecule has 6 nitrogen and oxygen atoms in total. The number of nitrogens with one attached hydrogen (secondary N) is 1. The minimum Gasteiger partial charge on any atom is -0.454 e. The lowest BCUT2D eigenvalue weighted by atomic mass is 9.93. The monoisotopic (exact) mass is 367 g/mol. The quantitative estimate of drug-likeness (QED) is 0.905. The number of likely N-dealkylation sites (tertiary alicyclic amines) is 1. The van der Waals surface area contributed by atoms with Gasteiger partial charge in [0.1, 0.15) is 0 Å². The number of carbonyl (C=O) groups excluding carboxylic acids is 1. The number of hydrogen-bond acceptors (Lipinski definition) is 4. The number of urea groups is 1. The first kappa shape index (κ1) is 17.7. The van der Waals surface area contributed by atoms with Crippen LogP contribution in [0.15, 0.2) is 42.5 Å². The van der Waals surface area contributed by atoms with E-state index in [4.69, 9.17) is 9.47 Å². The molecule has 0 aromatic heterocycles. The first-order valence-electron chi connectivity index (χ1n) is 9.20. The predicted octanol–water partition coefficient (Wildman–Crippen LogP) is 3.29. The van der Waals surface area contributed by atoms with Gasteiger partial charge in [0.05, 0.1) is 0 Å². The first-order valence-corrected chi connectivity index (χ1v) is 9.20. The van der Waals surface area contributed by atoms with Crippen molar-refractivity contribution in [3.63, 3.8) is 0 Å². The van der Waals surface area contributed by atoms with Crippen LogP contribution in [0.3, 0.4) is 0 Å². The van der Waals surface area contributed by atoms with E-state index in [1.54, 1.807) is 6.07 Å². The molecule has 0 radical (unpaired) electrons. The number of likely N-dealkylation sites (N-methyl/N-ethyl adjacent to an activating group) is 1. The molecule has 1 N–H and O–H groups in total. The maximum Gasteiger partial charge on any atom is 0.321 e. The van der Waals surface area contributed by atoms with Crippen molar-refractivity contribution in [2.75, 3.05) is 39.3 Å². The van der Waals surface area contributed by atoms with Crippen LogP contribution >= 0.6 is 0 Å². The molecule has 2 aromatic carbocycles. The SMILES string of the molecule is Cc1ccc([C@@H]2CN(C(=O)Nc3ccc4c(c3)OCO4)C[C@H]2N(C)C)cc1. The van der Waals surface area contributed by atoms with Gasteiger partial charge >= 0.3 is 6.03 Å². The Balaban J connectivity index is 1.48. The van der Waals surface area contributed by atoms with Gasteiger partial charge in [0.2, 0.25) is 6.79 Å². The Labute approximate surface area is 159 Å². The molecule has 2 aromatic rings. The number of aryl methyl sites for hydroxylation is 1. The van der Waals surface area contributed by atoms with Crippen molar-refractivity contribution < 1.29 is 14.3 Å². The van der Waals surface area contributed by atoms with E-state index in [1.807, 2.05) is 17.0 Å². The normalized spacial score (nSPS) is 21.0. The summed E-state index contributed by atoms with van der Waals surface area (Å²) in [7, 11) is 4.15. The molecule has 2 atom stereocenters. The van der Waals surface area contributed by atoms with Gasteiger partial charge in [0.15, 0.2) is 11.5 Å². The Morgan fingerprint density at radius 1 is 1.07 bits per heavy atom. The van der Waals surface area contributed by atoms with Crippen LogP contribution in [0, 0.1) is 6.92 Å². The van der Waals surface area contributed by atoms with Crippen LogP contribution in [0.1, 0.15) is 17.0 Å².